The fourth-order valence-electron chi connectivity index (χ4n) is 3.73. The summed E-state index contributed by atoms with van der Waals surface area (Å²) >= 11 is 0. The topological polar surface area (TPSA) is 41.8 Å². The number of nitrogens with one attached hydrogen (secondary N) is 1. The number of aromatic nitrogens is 2. The Morgan fingerprint density at radius 1 is 1.12 bits per heavy atom. The molecule has 1 atom stereocenters. The number of rotatable bonds is 3. The summed E-state index contributed by atoms with van der Waals surface area (Å²) in [6.45, 7) is 8.96. The van der Waals surface area contributed by atoms with Crippen molar-refractivity contribution >= 4 is 21.9 Å². The molecule has 0 saturated carbocycles. The van der Waals surface area contributed by atoms with Gasteiger partial charge in [-0.1, -0.05) is 58.0 Å². The summed E-state index contributed by atoms with van der Waals surface area (Å²) in [7, 11) is 0. The van der Waals surface area contributed by atoms with Crippen molar-refractivity contribution in [1.82, 2.24) is 10.2 Å². The largest absolute Gasteiger partial charge is 0.464 e. The summed E-state index contributed by atoms with van der Waals surface area (Å²) in [4.78, 5) is 0. The molecule has 0 fully saturated rings. The zero-order valence-corrected chi connectivity index (χ0v) is 15.3. The molecule has 2 aromatic heterocycles. The zero-order chi connectivity index (χ0) is 17.6. The second-order valence-corrected chi connectivity index (χ2v) is 7.97. The van der Waals surface area contributed by atoms with Crippen LogP contribution in [0.15, 0.2) is 53.3 Å². The highest BCUT2D eigenvalue weighted by Crippen LogP contribution is 2.35. The molecule has 0 aliphatic rings. The standard InChI is InChI=1S/C22H24N2O/c1-14(17-7-5-6-16-13-23-24-20(16)17)12-15-8-9-19(22(2,3)4)21-18(15)10-11-25-21/h5-11,13-14H,12H2,1-4H3,(H,23,24). The number of aromatic amines is 1. The van der Waals surface area contributed by atoms with Crippen molar-refractivity contribution in [3.8, 4) is 0 Å². The van der Waals surface area contributed by atoms with Gasteiger partial charge in [-0.25, -0.2) is 0 Å². The van der Waals surface area contributed by atoms with Crippen LogP contribution in [0.2, 0.25) is 0 Å². The third kappa shape index (κ3) is 2.74. The van der Waals surface area contributed by atoms with Gasteiger partial charge in [-0.3, -0.25) is 5.10 Å². The first kappa shape index (κ1) is 15.9. The third-order valence-electron chi connectivity index (χ3n) is 5.08. The van der Waals surface area contributed by atoms with Crippen LogP contribution >= 0.6 is 0 Å². The van der Waals surface area contributed by atoms with Gasteiger partial charge in [0, 0.05) is 16.3 Å². The second kappa shape index (κ2) is 5.76. The lowest BCUT2D eigenvalue weighted by molar-refractivity contribution is 0.558. The number of fused-ring (bicyclic) bond motifs is 2. The van der Waals surface area contributed by atoms with Crippen LogP contribution in [-0.4, -0.2) is 10.2 Å². The predicted octanol–water partition coefficient (Wildman–Crippen LogP) is 5.95. The van der Waals surface area contributed by atoms with E-state index >= 15 is 0 Å². The Morgan fingerprint density at radius 3 is 2.76 bits per heavy atom. The number of nitrogens with zero attached hydrogens (tertiary/aromatic N) is 1. The molecule has 0 aliphatic carbocycles. The molecule has 3 nitrogen and oxygen atoms in total. The molecule has 2 heterocycles. The van der Waals surface area contributed by atoms with Gasteiger partial charge in [0.1, 0.15) is 5.58 Å². The van der Waals surface area contributed by atoms with Crippen molar-refractivity contribution in [2.24, 2.45) is 0 Å². The Hall–Kier alpha value is -2.55. The molecule has 2 aromatic carbocycles. The van der Waals surface area contributed by atoms with Crippen LogP contribution in [0.4, 0.5) is 0 Å². The van der Waals surface area contributed by atoms with Crippen molar-refractivity contribution in [2.75, 3.05) is 0 Å². The Balaban J connectivity index is 1.74. The summed E-state index contributed by atoms with van der Waals surface area (Å²) in [5.41, 5.74) is 6.15. The number of para-hydroxylation sites is 1. The minimum atomic E-state index is 0.0712. The van der Waals surface area contributed by atoms with Crippen molar-refractivity contribution in [1.29, 1.82) is 0 Å². The molecule has 0 bridgehead atoms. The maximum Gasteiger partial charge on any atom is 0.137 e. The molecule has 1 unspecified atom stereocenters. The third-order valence-corrected chi connectivity index (χ3v) is 5.08. The molecular formula is C22H24N2O. The average molecular weight is 332 g/mol. The monoisotopic (exact) mass is 332 g/mol. The highest BCUT2D eigenvalue weighted by atomic mass is 16.3. The Bertz CT molecular complexity index is 1030. The van der Waals surface area contributed by atoms with Crippen LogP contribution in [0, 0.1) is 0 Å². The van der Waals surface area contributed by atoms with Gasteiger partial charge in [-0.15, -0.1) is 0 Å². The quantitative estimate of drug-likeness (QED) is 0.503. The first-order valence-electron chi connectivity index (χ1n) is 8.86. The molecule has 0 radical (unpaired) electrons. The SMILES string of the molecule is CC(Cc1ccc(C(C)(C)C)c2occc12)c1cccc2cn[nH]c12. The fourth-order valence-corrected chi connectivity index (χ4v) is 3.73. The highest BCUT2D eigenvalue weighted by Gasteiger charge is 2.21. The smallest absolute Gasteiger partial charge is 0.137 e. The van der Waals surface area contributed by atoms with Crippen molar-refractivity contribution < 1.29 is 4.42 Å². The maximum atomic E-state index is 5.85. The van der Waals surface area contributed by atoms with E-state index in [1.165, 1.54) is 27.5 Å². The molecule has 4 aromatic rings. The average Bonchev–Trinajstić information content (AvgIpc) is 3.22. The Labute approximate surface area is 148 Å². The summed E-state index contributed by atoms with van der Waals surface area (Å²) in [5, 5.41) is 9.74. The lowest BCUT2D eigenvalue weighted by atomic mass is 9.84. The normalized spacial score (nSPS) is 13.6. The van der Waals surface area contributed by atoms with Crippen LogP contribution in [0.25, 0.3) is 21.9 Å². The van der Waals surface area contributed by atoms with E-state index < -0.39 is 0 Å². The molecule has 128 valence electrons. The van der Waals surface area contributed by atoms with E-state index in [-0.39, 0.29) is 5.41 Å². The van der Waals surface area contributed by atoms with Gasteiger partial charge in [-0.05, 0) is 34.9 Å². The minimum absolute atomic E-state index is 0.0712. The van der Waals surface area contributed by atoms with E-state index in [9.17, 15) is 0 Å². The first-order valence-corrected chi connectivity index (χ1v) is 8.86. The predicted molar refractivity (Wildman–Crippen MR) is 103 cm³/mol. The number of H-pyrrole nitrogens is 1. The van der Waals surface area contributed by atoms with E-state index in [1.54, 1.807) is 0 Å². The molecule has 0 amide bonds. The molecule has 3 heteroatoms. The van der Waals surface area contributed by atoms with Crippen molar-refractivity contribution in [2.45, 2.75) is 45.4 Å². The van der Waals surface area contributed by atoms with Crippen LogP contribution in [0.1, 0.15) is 50.3 Å². The summed E-state index contributed by atoms with van der Waals surface area (Å²) in [6.07, 6.45) is 4.67. The Kier molecular flexibility index (Phi) is 3.68. The van der Waals surface area contributed by atoms with Gasteiger partial charge in [-0.2, -0.15) is 5.10 Å². The lowest BCUT2D eigenvalue weighted by Gasteiger charge is -2.21. The first-order chi connectivity index (χ1) is 11.9. The maximum absolute atomic E-state index is 5.85. The molecule has 1 N–H and O–H groups in total. The van der Waals surface area contributed by atoms with E-state index in [0.717, 1.165) is 17.5 Å². The molecule has 4 rings (SSSR count). The molecular weight excluding hydrogens is 308 g/mol. The van der Waals surface area contributed by atoms with Gasteiger partial charge < -0.3 is 4.42 Å². The molecule has 0 spiro atoms. The Morgan fingerprint density at radius 2 is 1.96 bits per heavy atom. The van der Waals surface area contributed by atoms with Gasteiger partial charge in [0.25, 0.3) is 0 Å². The van der Waals surface area contributed by atoms with E-state index in [0.29, 0.717) is 5.92 Å². The molecule has 25 heavy (non-hydrogen) atoms. The van der Waals surface area contributed by atoms with E-state index in [2.05, 4.69) is 74.3 Å². The van der Waals surface area contributed by atoms with Crippen LogP contribution in [-0.2, 0) is 11.8 Å². The number of hydrogen-bond acceptors (Lipinski definition) is 2. The van der Waals surface area contributed by atoms with Crippen molar-refractivity contribution in [3.63, 3.8) is 0 Å². The van der Waals surface area contributed by atoms with Gasteiger partial charge in [0.2, 0.25) is 0 Å². The molecule has 0 saturated heterocycles. The van der Waals surface area contributed by atoms with E-state index in [1.807, 2.05) is 12.5 Å². The summed E-state index contributed by atoms with van der Waals surface area (Å²) in [6, 6.07) is 13.0. The van der Waals surface area contributed by atoms with Gasteiger partial charge >= 0.3 is 0 Å². The number of furan rings is 1. The fraction of sp³-hybridized carbons (Fsp3) is 0.318. The van der Waals surface area contributed by atoms with Crippen molar-refractivity contribution in [3.05, 3.63) is 65.5 Å². The summed E-state index contributed by atoms with van der Waals surface area (Å²) < 4.78 is 5.85. The summed E-state index contributed by atoms with van der Waals surface area (Å²) in [5.74, 6) is 0.391. The number of benzene rings is 2. The highest BCUT2D eigenvalue weighted by molar-refractivity contribution is 5.85. The number of hydrogen-bond donors (Lipinski definition) is 1. The van der Waals surface area contributed by atoms with Crippen LogP contribution < -0.4 is 0 Å². The molecule has 0 aliphatic heterocycles. The van der Waals surface area contributed by atoms with Gasteiger partial charge in [0.15, 0.2) is 0 Å². The minimum Gasteiger partial charge on any atom is -0.464 e. The second-order valence-electron chi connectivity index (χ2n) is 7.97. The van der Waals surface area contributed by atoms with Gasteiger partial charge in [0.05, 0.1) is 18.0 Å². The zero-order valence-electron chi connectivity index (χ0n) is 15.3. The van der Waals surface area contributed by atoms with Crippen LogP contribution in [0.5, 0.6) is 0 Å². The lowest BCUT2D eigenvalue weighted by Crippen LogP contribution is -2.11. The van der Waals surface area contributed by atoms with E-state index in [4.69, 9.17) is 4.42 Å². The van der Waals surface area contributed by atoms with Crippen LogP contribution in [0.3, 0.4) is 0 Å².